The average Bonchev–Trinajstić information content (AvgIpc) is 2.45. The quantitative estimate of drug-likeness (QED) is 0.804. The molecule has 0 fully saturated rings. The third-order valence-corrected chi connectivity index (χ3v) is 3.25. The molecule has 0 amide bonds. The molecule has 5 heteroatoms. The number of esters is 1. The zero-order chi connectivity index (χ0) is 14.9. The molecule has 0 aliphatic carbocycles. The van der Waals surface area contributed by atoms with Crippen molar-refractivity contribution in [2.45, 2.75) is 19.3 Å². The summed E-state index contributed by atoms with van der Waals surface area (Å²) in [7, 11) is 2.78. The van der Waals surface area contributed by atoms with Crippen molar-refractivity contribution in [1.82, 2.24) is 0 Å². The van der Waals surface area contributed by atoms with Crippen LogP contribution in [0.25, 0.3) is 11.0 Å². The van der Waals surface area contributed by atoms with Gasteiger partial charge in [0.25, 0.3) is 0 Å². The second-order valence-corrected chi connectivity index (χ2v) is 4.92. The van der Waals surface area contributed by atoms with Crippen molar-refractivity contribution < 1.29 is 18.7 Å². The maximum absolute atomic E-state index is 12.2. The SMILES string of the molecule is COC(=O)C(C)(C)c1cc(=O)c2c(OC)cccc2o1. The number of carbonyl (C=O) groups excluding carboxylic acids is 1. The molecule has 0 bridgehead atoms. The molecule has 0 spiro atoms. The van der Waals surface area contributed by atoms with Crippen LogP contribution in [0.4, 0.5) is 0 Å². The van der Waals surface area contributed by atoms with Gasteiger partial charge < -0.3 is 13.9 Å². The summed E-state index contributed by atoms with van der Waals surface area (Å²) in [6.07, 6.45) is 0. The van der Waals surface area contributed by atoms with E-state index in [1.165, 1.54) is 20.3 Å². The normalized spacial score (nSPS) is 11.4. The van der Waals surface area contributed by atoms with Crippen LogP contribution in [-0.4, -0.2) is 20.2 Å². The molecule has 106 valence electrons. The van der Waals surface area contributed by atoms with E-state index in [4.69, 9.17) is 13.9 Å². The average molecular weight is 276 g/mol. The first-order valence-corrected chi connectivity index (χ1v) is 6.11. The van der Waals surface area contributed by atoms with Crippen LogP contribution >= 0.6 is 0 Å². The van der Waals surface area contributed by atoms with Gasteiger partial charge in [-0.05, 0) is 26.0 Å². The summed E-state index contributed by atoms with van der Waals surface area (Å²) in [4.78, 5) is 24.0. The maximum atomic E-state index is 12.2. The molecule has 20 heavy (non-hydrogen) atoms. The van der Waals surface area contributed by atoms with E-state index in [0.717, 1.165) is 0 Å². The van der Waals surface area contributed by atoms with Crippen LogP contribution in [0, 0.1) is 0 Å². The molecule has 0 aliphatic rings. The first kappa shape index (κ1) is 14.1. The molecule has 2 aromatic rings. The zero-order valence-corrected chi connectivity index (χ0v) is 11.9. The lowest BCUT2D eigenvalue weighted by Gasteiger charge is -2.20. The van der Waals surface area contributed by atoms with E-state index in [1.807, 2.05) is 0 Å². The third kappa shape index (κ3) is 2.15. The van der Waals surface area contributed by atoms with E-state index in [0.29, 0.717) is 16.7 Å². The molecular formula is C15H16O5. The molecule has 5 nitrogen and oxygen atoms in total. The smallest absolute Gasteiger partial charge is 0.318 e. The highest BCUT2D eigenvalue weighted by Gasteiger charge is 2.34. The van der Waals surface area contributed by atoms with Gasteiger partial charge in [0.1, 0.15) is 27.9 Å². The monoisotopic (exact) mass is 276 g/mol. The van der Waals surface area contributed by atoms with E-state index in [-0.39, 0.29) is 11.2 Å². The number of carbonyl (C=O) groups is 1. The van der Waals surface area contributed by atoms with E-state index in [9.17, 15) is 9.59 Å². The van der Waals surface area contributed by atoms with Gasteiger partial charge in [-0.3, -0.25) is 9.59 Å². The molecular weight excluding hydrogens is 260 g/mol. The predicted molar refractivity (Wildman–Crippen MR) is 74.1 cm³/mol. The minimum atomic E-state index is -1.04. The molecule has 1 heterocycles. The van der Waals surface area contributed by atoms with Crippen LogP contribution in [0.15, 0.2) is 33.5 Å². The van der Waals surface area contributed by atoms with Crippen molar-refractivity contribution in [1.29, 1.82) is 0 Å². The summed E-state index contributed by atoms with van der Waals surface area (Å²) in [6, 6.07) is 6.38. The lowest BCUT2D eigenvalue weighted by Crippen LogP contribution is -2.31. The van der Waals surface area contributed by atoms with Crippen LogP contribution in [0.1, 0.15) is 19.6 Å². The summed E-state index contributed by atoms with van der Waals surface area (Å²) in [5.74, 6) is 0.233. The predicted octanol–water partition coefficient (Wildman–Crippen LogP) is 2.25. The fourth-order valence-corrected chi connectivity index (χ4v) is 2.01. The van der Waals surface area contributed by atoms with E-state index >= 15 is 0 Å². The van der Waals surface area contributed by atoms with Crippen LogP contribution in [0.3, 0.4) is 0 Å². The Morgan fingerprint density at radius 3 is 2.55 bits per heavy atom. The molecule has 0 saturated heterocycles. The van der Waals surface area contributed by atoms with E-state index < -0.39 is 11.4 Å². The van der Waals surface area contributed by atoms with Gasteiger partial charge in [0.2, 0.25) is 0 Å². The van der Waals surface area contributed by atoms with E-state index in [1.54, 1.807) is 32.0 Å². The van der Waals surface area contributed by atoms with Crippen molar-refractivity contribution in [3.63, 3.8) is 0 Å². The third-order valence-electron chi connectivity index (χ3n) is 3.25. The fourth-order valence-electron chi connectivity index (χ4n) is 2.01. The van der Waals surface area contributed by atoms with Gasteiger partial charge in [0.15, 0.2) is 5.43 Å². The van der Waals surface area contributed by atoms with E-state index in [2.05, 4.69) is 0 Å². The van der Waals surface area contributed by atoms with Crippen LogP contribution in [-0.2, 0) is 14.9 Å². The topological polar surface area (TPSA) is 65.7 Å². The van der Waals surface area contributed by atoms with Crippen molar-refractivity contribution in [2.24, 2.45) is 0 Å². The fraction of sp³-hybridized carbons (Fsp3) is 0.333. The second kappa shape index (κ2) is 5.00. The molecule has 0 atom stereocenters. The van der Waals surface area contributed by atoms with Crippen molar-refractivity contribution in [3.8, 4) is 5.75 Å². The highest BCUT2D eigenvalue weighted by Crippen LogP contribution is 2.29. The number of rotatable bonds is 3. The Hall–Kier alpha value is -2.30. The number of methoxy groups -OCH3 is 2. The molecule has 1 aromatic carbocycles. The van der Waals surface area contributed by atoms with Gasteiger partial charge in [-0.15, -0.1) is 0 Å². The lowest BCUT2D eigenvalue weighted by atomic mass is 9.90. The molecule has 0 saturated carbocycles. The van der Waals surface area contributed by atoms with Crippen LogP contribution < -0.4 is 10.2 Å². The Morgan fingerprint density at radius 1 is 1.25 bits per heavy atom. The Labute approximate surface area is 116 Å². The summed E-state index contributed by atoms with van der Waals surface area (Å²) < 4.78 is 15.6. The summed E-state index contributed by atoms with van der Waals surface area (Å²) in [6.45, 7) is 3.28. The number of hydrogen-bond donors (Lipinski definition) is 0. The largest absolute Gasteiger partial charge is 0.496 e. The number of ether oxygens (including phenoxy) is 2. The molecule has 1 aromatic heterocycles. The molecule has 0 unspecified atom stereocenters. The lowest BCUT2D eigenvalue weighted by molar-refractivity contribution is -0.146. The highest BCUT2D eigenvalue weighted by atomic mass is 16.5. The minimum Gasteiger partial charge on any atom is -0.496 e. The first-order valence-electron chi connectivity index (χ1n) is 6.11. The maximum Gasteiger partial charge on any atom is 0.318 e. The van der Waals surface area contributed by atoms with Gasteiger partial charge >= 0.3 is 5.97 Å². The Bertz CT molecular complexity index is 712. The minimum absolute atomic E-state index is 0.254. The summed E-state index contributed by atoms with van der Waals surface area (Å²) >= 11 is 0. The summed E-state index contributed by atoms with van der Waals surface area (Å²) in [5.41, 5.74) is -0.912. The Morgan fingerprint density at radius 2 is 1.95 bits per heavy atom. The first-order chi connectivity index (χ1) is 9.41. The van der Waals surface area contributed by atoms with Gasteiger partial charge in [0.05, 0.1) is 14.2 Å². The van der Waals surface area contributed by atoms with Crippen molar-refractivity contribution >= 4 is 16.9 Å². The highest BCUT2D eigenvalue weighted by molar-refractivity contribution is 5.85. The standard InChI is InChI=1S/C15H16O5/c1-15(2,14(17)19-4)12-8-9(16)13-10(18-3)6-5-7-11(13)20-12/h5-8H,1-4H3. The number of fused-ring (bicyclic) bond motifs is 1. The Kier molecular flexibility index (Phi) is 3.53. The number of hydrogen-bond acceptors (Lipinski definition) is 5. The van der Waals surface area contributed by atoms with Gasteiger partial charge in [-0.1, -0.05) is 6.07 Å². The van der Waals surface area contributed by atoms with Crippen molar-refractivity contribution in [2.75, 3.05) is 14.2 Å². The van der Waals surface area contributed by atoms with Gasteiger partial charge in [-0.2, -0.15) is 0 Å². The van der Waals surface area contributed by atoms with Crippen molar-refractivity contribution in [3.05, 3.63) is 40.2 Å². The molecule has 2 rings (SSSR count). The molecule has 0 N–H and O–H groups in total. The number of benzene rings is 1. The second-order valence-electron chi connectivity index (χ2n) is 4.92. The zero-order valence-electron chi connectivity index (χ0n) is 11.9. The molecule has 0 radical (unpaired) electrons. The van der Waals surface area contributed by atoms with Gasteiger partial charge in [0, 0.05) is 6.07 Å². The van der Waals surface area contributed by atoms with Crippen LogP contribution in [0.5, 0.6) is 5.75 Å². The summed E-state index contributed by atoms with van der Waals surface area (Å²) in [5, 5.41) is 0.361. The molecule has 0 aliphatic heterocycles. The van der Waals surface area contributed by atoms with Crippen LogP contribution in [0.2, 0.25) is 0 Å². The van der Waals surface area contributed by atoms with Gasteiger partial charge in [-0.25, -0.2) is 0 Å². The Balaban J connectivity index is 2.72.